The number of hydrogen-bond donors (Lipinski definition) is 1. The van der Waals surface area contributed by atoms with Crippen LogP contribution in [-0.4, -0.2) is 59.6 Å². The highest BCUT2D eigenvalue weighted by atomic mass is 16.4. The maximum absolute atomic E-state index is 10.7. The van der Waals surface area contributed by atoms with E-state index in [1.807, 2.05) is 0 Å². The van der Waals surface area contributed by atoms with Crippen molar-refractivity contribution in [2.75, 3.05) is 26.7 Å². The zero-order valence-corrected chi connectivity index (χ0v) is 9.52. The first-order chi connectivity index (χ1) is 7.08. The van der Waals surface area contributed by atoms with Gasteiger partial charge in [-0.15, -0.1) is 0 Å². The average Bonchev–Trinajstić information content (AvgIpc) is 2.91. The van der Waals surface area contributed by atoms with Gasteiger partial charge in [0.1, 0.15) is 0 Å². The van der Waals surface area contributed by atoms with Crippen molar-refractivity contribution in [2.24, 2.45) is 5.92 Å². The van der Waals surface area contributed by atoms with Gasteiger partial charge in [0.05, 0.1) is 5.92 Å². The molecule has 1 saturated heterocycles. The van der Waals surface area contributed by atoms with Crippen molar-refractivity contribution >= 4 is 5.97 Å². The second-order valence-electron chi connectivity index (χ2n) is 5.01. The number of carboxylic acid groups (broad SMARTS) is 1. The average molecular weight is 212 g/mol. The monoisotopic (exact) mass is 212 g/mol. The van der Waals surface area contributed by atoms with Gasteiger partial charge in [0.15, 0.2) is 0 Å². The third-order valence-corrected chi connectivity index (χ3v) is 3.59. The van der Waals surface area contributed by atoms with Gasteiger partial charge in [0.25, 0.3) is 0 Å². The van der Waals surface area contributed by atoms with Gasteiger partial charge in [-0.1, -0.05) is 6.92 Å². The molecule has 86 valence electrons. The summed E-state index contributed by atoms with van der Waals surface area (Å²) in [5.74, 6) is -0.925. The van der Waals surface area contributed by atoms with Crippen LogP contribution >= 0.6 is 0 Å². The van der Waals surface area contributed by atoms with Crippen molar-refractivity contribution in [3.8, 4) is 0 Å². The fourth-order valence-electron chi connectivity index (χ4n) is 2.19. The number of likely N-dealkylation sites (tertiary alicyclic amines) is 1. The molecule has 4 heteroatoms. The molecule has 1 N–H and O–H groups in total. The maximum Gasteiger partial charge on any atom is 0.307 e. The lowest BCUT2D eigenvalue weighted by Crippen LogP contribution is -2.59. The lowest BCUT2D eigenvalue weighted by Gasteiger charge is -2.44. The van der Waals surface area contributed by atoms with E-state index >= 15 is 0 Å². The van der Waals surface area contributed by atoms with Gasteiger partial charge >= 0.3 is 5.97 Å². The number of carbonyl (C=O) groups is 1. The van der Waals surface area contributed by atoms with Crippen LogP contribution in [0.2, 0.25) is 0 Å². The molecule has 0 spiro atoms. The summed E-state index contributed by atoms with van der Waals surface area (Å²) < 4.78 is 0. The van der Waals surface area contributed by atoms with Crippen LogP contribution in [0, 0.1) is 5.92 Å². The highest BCUT2D eigenvalue weighted by Crippen LogP contribution is 2.29. The van der Waals surface area contributed by atoms with E-state index in [9.17, 15) is 4.79 Å². The van der Waals surface area contributed by atoms with Crippen LogP contribution < -0.4 is 0 Å². The SMILES string of the molecule is CC(CN1CC(N(C)C2CC2)C1)C(=O)O. The minimum Gasteiger partial charge on any atom is -0.481 e. The number of rotatable bonds is 5. The highest BCUT2D eigenvalue weighted by molar-refractivity contribution is 5.69. The molecule has 0 bridgehead atoms. The molecule has 4 nitrogen and oxygen atoms in total. The molecule has 2 rings (SSSR count). The fourth-order valence-corrected chi connectivity index (χ4v) is 2.19. The first-order valence-corrected chi connectivity index (χ1v) is 5.75. The van der Waals surface area contributed by atoms with Crippen molar-refractivity contribution in [3.05, 3.63) is 0 Å². The van der Waals surface area contributed by atoms with E-state index in [1.54, 1.807) is 6.92 Å². The van der Waals surface area contributed by atoms with E-state index in [2.05, 4.69) is 16.8 Å². The second-order valence-corrected chi connectivity index (χ2v) is 5.01. The van der Waals surface area contributed by atoms with Crippen molar-refractivity contribution in [1.29, 1.82) is 0 Å². The van der Waals surface area contributed by atoms with Crippen LogP contribution in [0.5, 0.6) is 0 Å². The molecule has 0 aromatic heterocycles. The molecule has 1 unspecified atom stereocenters. The summed E-state index contributed by atoms with van der Waals surface area (Å²) in [4.78, 5) is 15.4. The molecule has 2 aliphatic rings. The summed E-state index contributed by atoms with van der Waals surface area (Å²) in [5, 5.41) is 8.79. The van der Waals surface area contributed by atoms with Crippen LogP contribution in [-0.2, 0) is 4.79 Å². The second kappa shape index (κ2) is 4.10. The number of hydrogen-bond acceptors (Lipinski definition) is 3. The van der Waals surface area contributed by atoms with Gasteiger partial charge in [-0.05, 0) is 19.9 Å². The van der Waals surface area contributed by atoms with E-state index < -0.39 is 5.97 Å². The molecule has 1 saturated carbocycles. The molecule has 0 amide bonds. The molecule has 1 atom stereocenters. The predicted octanol–water partition coefficient (Wildman–Crippen LogP) is 0.485. The molecular formula is C11H20N2O2. The lowest BCUT2D eigenvalue weighted by molar-refractivity contribution is -0.142. The largest absolute Gasteiger partial charge is 0.481 e. The van der Waals surface area contributed by atoms with Gasteiger partial charge in [-0.2, -0.15) is 0 Å². The Morgan fingerprint density at radius 3 is 2.53 bits per heavy atom. The van der Waals surface area contributed by atoms with Gasteiger partial charge in [0.2, 0.25) is 0 Å². The van der Waals surface area contributed by atoms with Crippen LogP contribution in [0.1, 0.15) is 19.8 Å². The lowest BCUT2D eigenvalue weighted by atomic mass is 10.0. The summed E-state index contributed by atoms with van der Waals surface area (Å²) in [6, 6.07) is 1.48. The minimum absolute atomic E-state index is 0.239. The Labute approximate surface area is 90.9 Å². The number of likely N-dealkylation sites (N-methyl/N-ethyl adjacent to an activating group) is 1. The number of nitrogens with zero attached hydrogens (tertiary/aromatic N) is 2. The normalized spacial score (nSPS) is 25.3. The van der Waals surface area contributed by atoms with Gasteiger partial charge in [0, 0.05) is 31.7 Å². The van der Waals surface area contributed by atoms with E-state index in [1.165, 1.54) is 12.8 Å². The molecular weight excluding hydrogens is 192 g/mol. The van der Waals surface area contributed by atoms with E-state index in [0.717, 1.165) is 19.1 Å². The Kier molecular flexibility index (Phi) is 2.98. The molecule has 1 heterocycles. The molecule has 0 aromatic rings. The van der Waals surface area contributed by atoms with Gasteiger partial charge in [-0.3, -0.25) is 14.6 Å². The first kappa shape index (κ1) is 10.9. The zero-order chi connectivity index (χ0) is 11.0. The Morgan fingerprint density at radius 1 is 1.47 bits per heavy atom. The third-order valence-electron chi connectivity index (χ3n) is 3.59. The third kappa shape index (κ3) is 2.49. The number of carboxylic acids is 1. The molecule has 1 aliphatic carbocycles. The molecule has 0 radical (unpaired) electrons. The molecule has 2 fully saturated rings. The highest BCUT2D eigenvalue weighted by Gasteiger charge is 2.37. The molecule has 15 heavy (non-hydrogen) atoms. The Balaban J connectivity index is 1.66. The smallest absolute Gasteiger partial charge is 0.307 e. The quantitative estimate of drug-likeness (QED) is 0.720. The Bertz CT molecular complexity index is 247. The fraction of sp³-hybridized carbons (Fsp3) is 0.909. The zero-order valence-electron chi connectivity index (χ0n) is 9.52. The summed E-state index contributed by atoms with van der Waals surface area (Å²) in [6.07, 6.45) is 2.69. The van der Waals surface area contributed by atoms with E-state index in [0.29, 0.717) is 12.6 Å². The van der Waals surface area contributed by atoms with Crippen LogP contribution in [0.25, 0.3) is 0 Å². The van der Waals surface area contributed by atoms with Crippen molar-refractivity contribution in [2.45, 2.75) is 31.8 Å². The molecule has 1 aliphatic heterocycles. The summed E-state index contributed by atoms with van der Waals surface area (Å²) in [5.41, 5.74) is 0. The van der Waals surface area contributed by atoms with Crippen molar-refractivity contribution < 1.29 is 9.90 Å². The Morgan fingerprint density at radius 2 is 2.07 bits per heavy atom. The van der Waals surface area contributed by atoms with Crippen molar-refractivity contribution in [1.82, 2.24) is 9.80 Å². The number of aliphatic carboxylic acids is 1. The van der Waals surface area contributed by atoms with Gasteiger partial charge < -0.3 is 5.11 Å². The summed E-state index contributed by atoms with van der Waals surface area (Å²) >= 11 is 0. The van der Waals surface area contributed by atoms with Crippen LogP contribution in [0.4, 0.5) is 0 Å². The van der Waals surface area contributed by atoms with Crippen LogP contribution in [0.3, 0.4) is 0 Å². The van der Waals surface area contributed by atoms with Crippen molar-refractivity contribution in [3.63, 3.8) is 0 Å². The van der Waals surface area contributed by atoms with Crippen LogP contribution in [0.15, 0.2) is 0 Å². The van der Waals surface area contributed by atoms with E-state index in [-0.39, 0.29) is 5.92 Å². The minimum atomic E-state index is -0.686. The summed E-state index contributed by atoms with van der Waals surface area (Å²) in [6.45, 7) is 4.57. The predicted molar refractivity (Wildman–Crippen MR) is 57.8 cm³/mol. The summed E-state index contributed by atoms with van der Waals surface area (Å²) in [7, 11) is 2.19. The van der Waals surface area contributed by atoms with Gasteiger partial charge in [-0.25, -0.2) is 0 Å². The Hall–Kier alpha value is -0.610. The first-order valence-electron chi connectivity index (χ1n) is 5.75. The standard InChI is InChI=1S/C11H20N2O2/c1-8(11(14)15)5-13-6-10(7-13)12(2)9-3-4-9/h8-10H,3-7H2,1-2H3,(H,14,15). The molecule has 0 aromatic carbocycles. The van der Waals surface area contributed by atoms with E-state index in [4.69, 9.17) is 5.11 Å². The maximum atomic E-state index is 10.7. The topological polar surface area (TPSA) is 43.8 Å².